The van der Waals surface area contributed by atoms with Crippen LogP contribution in [0.1, 0.15) is 75.1 Å². The molecule has 124 valence electrons. The minimum absolute atomic E-state index is 0.331. The highest BCUT2D eigenvalue weighted by Crippen LogP contribution is 2.09. The minimum atomic E-state index is -0.879. The lowest BCUT2D eigenvalue weighted by molar-refractivity contribution is -0.137. The molecule has 1 aromatic carbocycles. The van der Waals surface area contributed by atoms with Crippen molar-refractivity contribution in [1.29, 1.82) is 0 Å². The van der Waals surface area contributed by atoms with E-state index >= 15 is 0 Å². The van der Waals surface area contributed by atoms with Gasteiger partial charge in [-0.2, -0.15) is 0 Å². The number of hydrogen-bond acceptors (Lipinski definition) is 2. The van der Waals surface area contributed by atoms with Crippen LogP contribution >= 0.6 is 0 Å². The molecule has 0 fully saturated rings. The average Bonchev–Trinajstić information content (AvgIpc) is 2.51. The highest BCUT2D eigenvalue weighted by atomic mass is 16.4. The van der Waals surface area contributed by atoms with E-state index in [0.29, 0.717) is 12.0 Å². The van der Waals surface area contributed by atoms with Crippen LogP contribution in [-0.2, 0) is 4.79 Å². The average molecular weight is 308 g/mol. The highest BCUT2D eigenvalue weighted by Gasteiger charge is 1.97. The molecule has 0 atom stereocenters. The Hall–Kier alpha value is -1.84. The van der Waals surface area contributed by atoms with Gasteiger partial charge >= 0.3 is 11.9 Å². The van der Waals surface area contributed by atoms with Crippen molar-refractivity contribution in [3.63, 3.8) is 0 Å². The quantitative estimate of drug-likeness (QED) is 0.597. The first-order chi connectivity index (χ1) is 10.6. The van der Waals surface area contributed by atoms with Crippen LogP contribution in [0.15, 0.2) is 30.3 Å². The maximum atomic E-state index is 10.2. The van der Waals surface area contributed by atoms with Gasteiger partial charge in [0.1, 0.15) is 0 Å². The Morgan fingerprint density at radius 2 is 1.32 bits per heavy atom. The van der Waals surface area contributed by atoms with Gasteiger partial charge in [0, 0.05) is 6.42 Å². The number of unbranched alkanes of at least 4 members (excludes halogenated alkanes) is 7. The predicted octanol–water partition coefficient (Wildman–Crippen LogP) is 4.99. The highest BCUT2D eigenvalue weighted by molar-refractivity contribution is 5.87. The zero-order valence-corrected chi connectivity index (χ0v) is 13.5. The Morgan fingerprint density at radius 1 is 0.818 bits per heavy atom. The number of carboxylic acids is 2. The topological polar surface area (TPSA) is 74.6 Å². The van der Waals surface area contributed by atoms with E-state index in [9.17, 15) is 9.59 Å². The first kappa shape index (κ1) is 20.2. The lowest BCUT2D eigenvalue weighted by atomic mass is 10.1. The molecule has 0 aromatic heterocycles. The number of aromatic carboxylic acids is 1. The molecule has 0 spiro atoms. The van der Waals surface area contributed by atoms with Gasteiger partial charge in [0.25, 0.3) is 0 Å². The van der Waals surface area contributed by atoms with E-state index in [1.807, 2.05) is 0 Å². The van der Waals surface area contributed by atoms with Crippen LogP contribution in [0.25, 0.3) is 0 Å². The molecule has 22 heavy (non-hydrogen) atoms. The number of rotatable bonds is 10. The van der Waals surface area contributed by atoms with Crippen LogP contribution in [-0.4, -0.2) is 22.2 Å². The SMILES string of the molecule is CCCCCCCCCCC(=O)O.O=C(O)c1ccccc1. The Bertz CT molecular complexity index is 401. The number of aliphatic carboxylic acids is 1. The van der Waals surface area contributed by atoms with E-state index in [4.69, 9.17) is 10.2 Å². The molecule has 0 saturated heterocycles. The number of carbonyl (C=O) groups is 2. The molecule has 0 amide bonds. The second-order valence-electron chi connectivity index (χ2n) is 5.29. The smallest absolute Gasteiger partial charge is 0.335 e. The number of carboxylic acid groups (broad SMARTS) is 2. The summed E-state index contributed by atoms with van der Waals surface area (Å²) in [6.45, 7) is 2.22. The summed E-state index contributed by atoms with van der Waals surface area (Å²) in [5.41, 5.74) is 0.331. The first-order valence-corrected chi connectivity index (χ1v) is 8.08. The fourth-order valence-corrected chi connectivity index (χ4v) is 1.99. The van der Waals surface area contributed by atoms with Gasteiger partial charge in [0.15, 0.2) is 0 Å². The summed E-state index contributed by atoms with van der Waals surface area (Å²) in [5.74, 6) is -1.54. The molecule has 2 N–H and O–H groups in total. The first-order valence-electron chi connectivity index (χ1n) is 8.08. The van der Waals surface area contributed by atoms with Gasteiger partial charge in [-0.1, -0.05) is 70.1 Å². The van der Waals surface area contributed by atoms with Crippen molar-refractivity contribution in [1.82, 2.24) is 0 Å². The number of benzene rings is 1. The monoisotopic (exact) mass is 308 g/mol. The molecule has 0 aliphatic carbocycles. The van der Waals surface area contributed by atoms with E-state index in [0.717, 1.165) is 12.8 Å². The summed E-state index contributed by atoms with van der Waals surface area (Å²) in [4.78, 5) is 20.4. The van der Waals surface area contributed by atoms with Crippen molar-refractivity contribution in [2.24, 2.45) is 0 Å². The van der Waals surface area contributed by atoms with Crippen molar-refractivity contribution in [2.75, 3.05) is 0 Å². The van der Waals surface area contributed by atoms with Crippen LogP contribution in [0.4, 0.5) is 0 Å². The molecule has 0 aliphatic heterocycles. The zero-order chi connectivity index (χ0) is 16.6. The Kier molecular flexibility index (Phi) is 12.9. The summed E-state index contributed by atoms with van der Waals surface area (Å²) in [6, 6.07) is 8.30. The Balaban J connectivity index is 0.000000425. The van der Waals surface area contributed by atoms with Gasteiger partial charge in [-0.3, -0.25) is 4.79 Å². The van der Waals surface area contributed by atoms with Crippen molar-refractivity contribution in [3.8, 4) is 0 Å². The van der Waals surface area contributed by atoms with Gasteiger partial charge in [-0.05, 0) is 18.6 Å². The van der Waals surface area contributed by atoms with Crippen molar-refractivity contribution >= 4 is 11.9 Å². The van der Waals surface area contributed by atoms with Gasteiger partial charge in [0.2, 0.25) is 0 Å². The van der Waals surface area contributed by atoms with E-state index in [1.54, 1.807) is 30.3 Å². The summed E-state index contributed by atoms with van der Waals surface area (Å²) in [7, 11) is 0. The predicted molar refractivity (Wildman–Crippen MR) is 88.3 cm³/mol. The second-order valence-corrected chi connectivity index (χ2v) is 5.29. The third kappa shape index (κ3) is 13.2. The Morgan fingerprint density at radius 3 is 1.73 bits per heavy atom. The standard InChI is InChI=1S/C11H22O2.C7H6O2/c1-2-3-4-5-6-7-8-9-10-11(12)13;8-7(9)6-4-2-1-3-5-6/h2-10H2,1H3,(H,12,13);1-5H,(H,8,9). The normalized spacial score (nSPS) is 9.68. The van der Waals surface area contributed by atoms with Crippen molar-refractivity contribution in [3.05, 3.63) is 35.9 Å². The largest absolute Gasteiger partial charge is 0.481 e. The summed E-state index contributed by atoms with van der Waals surface area (Å²) < 4.78 is 0. The van der Waals surface area contributed by atoms with Crippen molar-refractivity contribution < 1.29 is 19.8 Å². The molecule has 0 heterocycles. The van der Waals surface area contributed by atoms with E-state index < -0.39 is 11.9 Å². The van der Waals surface area contributed by atoms with Crippen LogP contribution < -0.4 is 0 Å². The zero-order valence-electron chi connectivity index (χ0n) is 13.5. The van der Waals surface area contributed by atoms with E-state index in [1.165, 1.54) is 38.5 Å². The van der Waals surface area contributed by atoms with Crippen LogP contribution in [0, 0.1) is 0 Å². The molecule has 1 aromatic rings. The fourth-order valence-electron chi connectivity index (χ4n) is 1.99. The Labute approximate surface area is 133 Å². The summed E-state index contributed by atoms with van der Waals surface area (Å²) in [5, 5.41) is 16.8. The van der Waals surface area contributed by atoms with Gasteiger partial charge in [-0.25, -0.2) is 4.79 Å². The molecule has 0 saturated carbocycles. The van der Waals surface area contributed by atoms with Crippen LogP contribution in [0.5, 0.6) is 0 Å². The molecule has 0 aliphatic rings. The lowest BCUT2D eigenvalue weighted by Gasteiger charge is -1.99. The molecule has 0 unspecified atom stereocenters. The molecule has 0 radical (unpaired) electrons. The van der Waals surface area contributed by atoms with E-state index in [2.05, 4.69) is 6.92 Å². The molecular formula is C18H28O4. The van der Waals surface area contributed by atoms with Crippen LogP contribution in [0.2, 0.25) is 0 Å². The lowest BCUT2D eigenvalue weighted by Crippen LogP contribution is -1.93. The minimum Gasteiger partial charge on any atom is -0.481 e. The maximum Gasteiger partial charge on any atom is 0.335 e. The van der Waals surface area contributed by atoms with Crippen molar-refractivity contribution in [2.45, 2.75) is 64.7 Å². The second kappa shape index (κ2) is 14.1. The van der Waals surface area contributed by atoms with Crippen LogP contribution in [0.3, 0.4) is 0 Å². The molecular weight excluding hydrogens is 280 g/mol. The van der Waals surface area contributed by atoms with Gasteiger partial charge in [-0.15, -0.1) is 0 Å². The fraction of sp³-hybridized carbons (Fsp3) is 0.556. The molecule has 4 heteroatoms. The van der Waals surface area contributed by atoms with E-state index in [-0.39, 0.29) is 0 Å². The van der Waals surface area contributed by atoms with Gasteiger partial charge < -0.3 is 10.2 Å². The maximum absolute atomic E-state index is 10.2. The molecule has 1 rings (SSSR count). The van der Waals surface area contributed by atoms with Gasteiger partial charge in [0.05, 0.1) is 5.56 Å². The molecule has 4 nitrogen and oxygen atoms in total. The number of hydrogen-bond donors (Lipinski definition) is 2. The third-order valence-electron chi connectivity index (χ3n) is 3.26. The third-order valence-corrected chi connectivity index (χ3v) is 3.26. The summed E-state index contributed by atoms with van der Waals surface area (Å²) >= 11 is 0. The summed E-state index contributed by atoms with van der Waals surface area (Å²) in [6.07, 6.45) is 10.1. The molecule has 0 bridgehead atoms.